The zero-order chi connectivity index (χ0) is 14.7. The molecule has 2 rings (SSSR count). The number of fused-ring (bicyclic) bond motifs is 1. The Morgan fingerprint density at radius 2 is 2.25 bits per heavy atom. The average Bonchev–Trinajstić information content (AvgIpc) is 2.82. The van der Waals surface area contributed by atoms with E-state index in [1.807, 2.05) is 18.3 Å². The van der Waals surface area contributed by atoms with E-state index in [0.717, 1.165) is 16.5 Å². The van der Waals surface area contributed by atoms with Crippen LogP contribution in [0.5, 0.6) is 0 Å². The normalized spacial score (nSPS) is 12.2. The van der Waals surface area contributed by atoms with Gasteiger partial charge >= 0.3 is 0 Å². The molecule has 0 saturated heterocycles. The van der Waals surface area contributed by atoms with Gasteiger partial charge in [0, 0.05) is 32.1 Å². The van der Waals surface area contributed by atoms with E-state index in [2.05, 4.69) is 10.3 Å². The van der Waals surface area contributed by atoms with Crippen LogP contribution in [0.25, 0.3) is 10.9 Å². The maximum absolute atomic E-state index is 12.0. The predicted octanol–water partition coefficient (Wildman–Crippen LogP) is 1.57. The van der Waals surface area contributed by atoms with Crippen LogP contribution < -0.4 is 5.32 Å². The van der Waals surface area contributed by atoms with Gasteiger partial charge in [0.1, 0.15) is 6.04 Å². The van der Waals surface area contributed by atoms with Crippen molar-refractivity contribution in [1.29, 1.82) is 0 Å². The lowest BCUT2D eigenvalue weighted by molar-refractivity contribution is -0.132. The Hall–Kier alpha value is -2.01. The van der Waals surface area contributed by atoms with E-state index in [1.165, 1.54) is 4.90 Å². The van der Waals surface area contributed by atoms with Crippen LogP contribution in [0.1, 0.15) is 5.56 Å². The van der Waals surface area contributed by atoms with Gasteiger partial charge in [-0.2, -0.15) is 0 Å². The maximum Gasteiger partial charge on any atom is 0.244 e. The number of carbonyl (C=O) groups is 2. The number of nitrogens with zero attached hydrogens (tertiary/aromatic N) is 1. The van der Waals surface area contributed by atoms with Crippen LogP contribution in [0.15, 0.2) is 24.4 Å². The fourth-order valence-corrected chi connectivity index (χ4v) is 2.40. The third kappa shape index (κ3) is 2.77. The lowest BCUT2D eigenvalue weighted by Gasteiger charge is -2.19. The first-order chi connectivity index (χ1) is 9.54. The highest BCUT2D eigenvalue weighted by atomic mass is 35.5. The van der Waals surface area contributed by atoms with Gasteiger partial charge in [0.25, 0.3) is 0 Å². The molecule has 1 atom stereocenters. The number of nitrogens with one attached hydrogen (secondary N) is 2. The summed E-state index contributed by atoms with van der Waals surface area (Å²) in [5.41, 5.74) is 1.78. The Morgan fingerprint density at radius 1 is 1.50 bits per heavy atom. The zero-order valence-corrected chi connectivity index (χ0v) is 12.1. The highest BCUT2D eigenvalue weighted by Crippen LogP contribution is 2.26. The monoisotopic (exact) mass is 293 g/mol. The topological polar surface area (TPSA) is 65.2 Å². The van der Waals surface area contributed by atoms with Gasteiger partial charge in [0.2, 0.25) is 12.3 Å². The van der Waals surface area contributed by atoms with Gasteiger partial charge in [-0.3, -0.25) is 9.59 Å². The Morgan fingerprint density at radius 3 is 2.90 bits per heavy atom. The number of hydrogen-bond acceptors (Lipinski definition) is 2. The van der Waals surface area contributed by atoms with Gasteiger partial charge < -0.3 is 15.2 Å². The molecule has 0 aliphatic heterocycles. The summed E-state index contributed by atoms with van der Waals surface area (Å²) < 4.78 is 0. The fraction of sp³-hybridized carbons (Fsp3) is 0.286. The first-order valence-electron chi connectivity index (χ1n) is 6.20. The maximum atomic E-state index is 12.0. The first-order valence-corrected chi connectivity index (χ1v) is 6.57. The minimum atomic E-state index is -0.583. The van der Waals surface area contributed by atoms with Gasteiger partial charge in [-0.15, -0.1) is 0 Å². The number of aromatic amines is 1. The highest BCUT2D eigenvalue weighted by molar-refractivity contribution is 6.35. The standard InChI is InChI=1S/C14H16ClN3O2/c1-18(2)14(20)12(17-8-19)6-9-7-16-13-10(9)4-3-5-11(13)15/h3-5,7-8,12,16H,6H2,1-2H3,(H,17,19). The van der Waals surface area contributed by atoms with Crippen molar-refractivity contribution in [1.82, 2.24) is 15.2 Å². The summed E-state index contributed by atoms with van der Waals surface area (Å²) in [5, 5.41) is 4.15. The van der Waals surface area contributed by atoms with E-state index < -0.39 is 6.04 Å². The van der Waals surface area contributed by atoms with Crippen LogP contribution in [0.3, 0.4) is 0 Å². The Bertz CT molecular complexity index is 636. The van der Waals surface area contributed by atoms with Crippen LogP contribution in [-0.4, -0.2) is 42.3 Å². The molecule has 0 radical (unpaired) electrons. The highest BCUT2D eigenvalue weighted by Gasteiger charge is 2.21. The number of carbonyl (C=O) groups excluding carboxylic acids is 2. The number of amides is 2. The minimum Gasteiger partial charge on any atom is -0.360 e. The Labute approximate surface area is 121 Å². The van der Waals surface area contributed by atoms with E-state index >= 15 is 0 Å². The molecule has 1 aromatic heterocycles. The van der Waals surface area contributed by atoms with Crippen molar-refractivity contribution < 1.29 is 9.59 Å². The molecule has 0 fully saturated rings. The largest absolute Gasteiger partial charge is 0.360 e. The summed E-state index contributed by atoms with van der Waals surface area (Å²) in [6.07, 6.45) is 2.78. The molecule has 1 heterocycles. The smallest absolute Gasteiger partial charge is 0.244 e. The predicted molar refractivity (Wildman–Crippen MR) is 78.7 cm³/mol. The lowest BCUT2D eigenvalue weighted by Crippen LogP contribution is -2.44. The van der Waals surface area contributed by atoms with Crippen molar-refractivity contribution in [2.75, 3.05) is 14.1 Å². The van der Waals surface area contributed by atoms with Crippen LogP contribution in [0, 0.1) is 0 Å². The molecule has 0 saturated carbocycles. The molecule has 1 aromatic carbocycles. The zero-order valence-electron chi connectivity index (χ0n) is 11.3. The Balaban J connectivity index is 2.31. The molecule has 2 amide bonds. The molecule has 106 valence electrons. The number of H-pyrrole nitrogens is 1. The van der Waals surface area contributed by atoms with Crippen molar-refractivity contribution in [2.45, 2.75) is 12.5 Å². The summed E-state index contributed by atoms with van der Waals surface area (Å²) in [6.45, 7) is 0. The molecular weight excluding hydrogens is 278 g/mol. The molecule has 2 aromatic rings. The molecule has 0 bridgehead atoms. The molecule has 0 aliphatic rings. The van der Waals surface area contributed by atoms with E-state index in [9.17, 15) is 9.59 Å². The van der Waals surface area contributed by atoms with Gasteiger partial charge in [0.15, 0.2) is 0 Å². The number of rotatable bonds is 5. The number of likely N-dealkylation sites (N-methyl/N-ethyl adjacent to an activating group) is 1. The third-order valence-corrected chi connectivity index (χ3v) is 3.50. The lowest BCUT2D eigenvalue weighted by atomic mass is 10.0. The fourth-order valence-electron chi connectivity index (χ4n) is 2.18. The third-order valence-electron chi connectivity index (χ3n) is 3.18. The van der Waals surface area contributed by atoms with Crippen LogP contribution in [0.4, 0.5) is 0 Å². The molecule has 20 heavy (non-hydrogen) atoms. The van der Waals surface area contributed by atoms with E-state index in [-0.39, 0.29) is 5.91 Å². The summed E-state index contributed by atoms with van der Waals surface area (Å²) >= 11 is 6.10. The van der Waals surface area contributed by atoms with Crippen molar-refractivity contribution in [3.63, 3.8) is 0 Å². The van der Waals surface area contributed by atoms with E-state index in [1.54, 1.807) is 20.2 Å². The van der Waals surface area contributed by atoms with Gasteiger partial charge in [-0.1, -0.05) is 23.7 Å². The van der Waals surface area contributed by atoms with Crippen molar-refractivity contribution in [3.05, 3.63) is 35.0 Å². The molecule has 1 unspecified atom stereocenters. The van der Waals surface area contributed by atoms with Gasteiger partial charge in [-0.05, 0) is 11.6 Å². The second-order valence-electron chi connectivity index (χ2n) is 4.75. The first kappa shape index (κ1) is 14.4. The number of aromatic nitrogens is 1. The molecule has 0 spiro atoms. The van der Waals surface area contributed by atoms with Gasteiger partial charge in [-0.25, -0.2) is 0 Å². The number of hydrogen-bond donors (Lipinski definition) is 2. The summed E-state index contributed by atoms with van der Waals surface area (Å²) in [5.74, 6) is -0.145. The second-order valence-corrected chi connectivity index (χ2v) is 5.16. The SMILES string of the molecule is CN(C)C(=O)C(Cc1c[nH]c2c(Cl)cccc12)NC=O. The summed E-state index contributed by atoms with van der Waals surface area (Å²) in [4.78, 5) is 27.3. The van der Waals surface area contributed by atoms with Crippen LogP contribution >= 0.6 is 11.6 Å². The van der Waals surface area contributed by atoms with Crippen LogP contribution in [0.2, 0.25) is 5.02 Å². The molecule has 0 aliphatic carbocycles. The molecule has 5 nitrogen and oxygen atoms in total. The van der Waals surface area contributed by atoms with Gasteiger partial charge in [0.05, 0.1) is 10.5 Å². The van der Waals surface area contributed by atoms with Crippen molar-refractivity contribution in [3.8, 4) is 0 Å². The number of halogens is 1. The average molecular weight is 294 g/mol. The van der Waals surface area contributed by atoms with Crippen molar-refractivity contribution >= 4 is 34.8 Å². The molecule has 2 N–H and O–H groups in total. The number of para-hydroxylation sites is 1. The summed E-state index contributed by atoms with van der Waals surface area (Å²) in [7, 11) is 3.32. The second kappa shape index (κ2) is 5.96. The van der Waals surface area contributed by atoms with E-state index in [4.69, 9.17) is 11.6 Å². The number of benzene rings is 1. The molecular formula is C14H16ClN3O2. The summed E-state index contributed by atoms with van der Waals surface area (Å²) in [6, 6.07) is 5.01. The molecule has 6 heteroatoms. The Kier molecular flexibility index (Phi) is 4.29. The quantitative estimate of drug-likeness (QED) is 0.822. The van der Waals surface area contributed by atoms with Crippen molar-refractivity contribution in [2.24, 2.45) is 0 Å². The minimum absolute atomic E-state index is 0.145. The van der Waals surface area contributed by atoms with E-state index in [0.29, 0.717) is 17.9 Å². The van der Waals surface area contributed by atoms with Crippen LogP contribution in [-0.2, 0) is 16.0 Å².